The van der Waals surface area contributed by atoms with Crippen LogP contribution >= 0.6 is 23.2 Å². The lowest BCUT2D eigenvalue weighted by Gasteiger charge is -2.21. The molecule has 1 N–H and O–H groups in total. The van der Waals surface area contributed by atoms with Crippen molar-refractivity contribution in [3.05, 3.63) is 118 Å². The number of urea groups is 1. The molecule has 0 saturated carbocycles. The molecular formula is C28H20Cl2N4O2. The number of fused-ring (bicyclic) bond motifs is 1. The monoisotopic (exact) mass is 514 g/mol. The Morgan fingerprint density at radius 3 is 2.36 bits per heavy atom. The van der Waals surface area contributed by atoms with Crippen molar-refractivity contribution in [3.8, 4) is 0 Å². The van der Waals surface area contributed by atoms with Gasteiger partial charge in [-0.2, -0.15) is 4.98 Å². The van der Waals surface area contributed by atoms with Crippen LogP contribution < -0.4 is 15.8 Å². The Hall–Kier alpha value is -4.13. The number of aromatic nitrogens is 1. The van der Waals surface area contributed by atoms with E-state index in [1.165, 1.54) is 4.90 Å². The van der Waals surface area contributed by atoms with Crippen molar-refractivity contribution in [2.75, 3.05) is 10.2 Å². The highest BCUT2D eigenvalue weighted by Gasteiger charge is 2.24. The number of nitrogens with one attached hydrogen (secondary N) is 1. The lowest BCUT2D eigenvalue weighted by atomic mass is 10.2. The van der Waals surface area contributed by atoms with Crippen LogP contribution in [0.25, 0.3) is 10.9 Å². The molecule has 36 heavy (non-hydrogen) atoms. The summed E-state index contributed by atoms with van der Waals surface area (Å²) in [6, 6.07) is 28.5. The molecule has 2 amide bonds. The van der Waals surface area contributed by atoms with Gasteiger partial charge in [-0.05, 0) is 67.6 Å². The molecule has 6 nitrogen and oxygen atoms in total. The molecule has 178 valence electrons. The molecule has 0 atom stereocenters. The van der Waals surface area contributed by atoms with Crippen molar-refractivity contribution in [1.82, 2.24) is 4.98 Å². The van der Waals surface area contributed by atoms with Gasteiger partial charge in [-0.15, -0.1) is 0 Å². The zero-order chi connectivity index (χ0) is 25.1. The van der Waals surface area contributed by atoms with Crippen LogP contribution in [0.3, 0.4) is 0 Å². The quantitative estimate of drug-likeness (QED) is 0.263. The average molecular weight is 515 g/mol. The number of anilines is 3. The topological polar surface area (TPSA) is 70.7 Å². The number of hydrogen-bond acceptors (Lipinski definition) is 4. The highest BCUT2D eigenvalue weighted by molar-refractivity contribution is 6.31. The number of para-hydroxylation sites is 1. The fourth-order valence-corrected chi connectivity index (χ4v) is 3.98. The number of carbonyl (C=O) groups is 1. The number of benzene rings is 4. The van der Waals surface area contributed by atoms with E-state index in [-0.39, 0.29) is 6.01 Å². The van der Waals surface area contributed by atoms with Crippen molar-refractivity contribution in [1.29, 1.82) is 0 Å². The first kappa shape index (κ1) is 23.6. The summed E-state index contributed by atoms with van der Waals surface area (Å²) < 4.78 is 6.18. The minimum Gasteiger partial charge on any atom is -0.405 e. The molecule has 0 aliphatic rings. The van der Waals surface area contributed by atoms with E-state index in [9.17, 15) is 4.79 Å². The first-order valence-electron chi connectivity index (χ1n) is 11.1. The van der Waals surface area contributed by atoms with Gasteiger partial charge in [-0.3, -0.25) is 0 Å². The summed E-state index contributed by atoms with van der Waals surface area (Å²) in [6.07, 6.45) is 0. The van der Waals surface area contributed by atoms with Gasteiger partial charge in [-0.25, -0.2) is 14.7 Å². The molecule has 1 aromatic heterocycles. The number of carbonyl (C=O) groups excluding carboxylic acids is 1. The van der Waals surface area contributed by atoms with Gasteiger partial charge < -0.3 is 9.73 Å². The minimum absolute atomic E-state index is 0.0290. The van der Waals surface area contributed by atoms with Crippen LogP contribution in [0.1, 0.15) is 5.56 Å². The predicted octanol–water partition coefficient (Wildman–Crippen LogP) is 8.05. The second kappa shape index (κ2) is 10.2. The predicted molar refractivity (Wildman–Crippen MR) is 144 cm³/mol. The Morgan fingerprint density at radius 1 is 0.889 bits per heavy atom. The maximum atomic E-state index is 13.6. The van der Waals surface area contributed by atoms with E-state index in [0.29, 0.717) is 43.6 Å². The van der Waals surface area contributed by atoms with Crippen LogP contribution in [-0.2, 0) is 0 Å². The Kier molecular flexibility index (Phi) is 6.71. The molecule has 0 fully saturated rings. The van der Waals surface area contributed by atoms with Gasteiger partial charge >= 0.3 is 12.0 Å². The standard InChI is InChI=1S/C28H20Cl2N4O2/c1-18-12-14-21(15-13-18)31-26-24-10-2-3-11-25(24)33-28(36-26)34(23-9-5-7-20(30)17-23)27(35)32-22-8-4-6-19(29)16-22/h2-17H,1H3,(H,32,35). The number of hydrogen-bond donors (Lipinski definition) is 1. The zero-order valence-corrected chi connectivity index (χ0v) is 20.7. The summed E-state index contributed by atoms with van der Waals surface area (Å²) in [5.74, 6) is 0. The third-order valence-electron chi connectivity index (χ3n) is 5.34. The first-order chi connectivity index (χ1) is 17.5. The number of halogens is 2. The second-order valence-electron chi connectivity index (χ2n) is 8.02. The number of aryl methyl sites for hydroxylation is 1. The fourth-order valence-electron chi connectivity index (χ4n) is 3.61. The molecule has 5 rings (SSSR count). The molecule has 5 aromatic rings. The molecular weight excluding hydrogens is 495 g/mol. The van der Waals surface area contributed by atoms with E-state index in [2.05, 4.69) is 10.3 Å². The smallest absolute Gasteiger partial charge is 0.334 e. The van der Waals surface area contributed by atoms with Crippen LogP contribution in [0.15, 0.2) is 106 Å². The highest BCUT2D eigenvalue weighted by atomic mass is 35.5. The van der Waals surface area contributed by atoms with Crippen molar-refractivity contribution in [2.45, 2.75) is 6.92 Å². The van der Waals surface area contributed by atoms with Gasteiger partial charge in [0.2, 0.25) is 5.55 Å². The van der Waals surface area contributed by atoms with Crippen molar-refractivity contribution >= 4 is 63.2 Å². The van der Waals surface area contributed by atoms with E-state index in [0.717, 1.165) is 5.56 Å². The van der Waals surface area contributed by atoms with Crippen LogP contribution in [-0.4, -0.2) is 11.0 Å². The van der Waals surface area contributed by atoms with E-state index >= 15 is 0 Å². The summed E-state index contributed by atoms with van der Waals surface area (Å²) in [5, 5.41) is 4.51. The van der Waals surface area contributed by atoms with Gasteiger partial charge in [0.15, 0.2) is 0 Å². The van der Waals surface area contributed by atoms with Crippen LogP contribution in [0, 0.1) is 6.92 Å². The van der Waals surface area contributed by atoms with Crippen LogP contribution in [0.5, 0.6) is 0 Å². The molecule has 0 bridgehead atoms. The molecule has 0 radical (unpaired) electrons. The van der Waals surface area contributed by atoms with Gasteiger partial charge in [-0.1, -0.05) is 65.2 Å². The van der Waals surface area contributed by atoms with Crippen LogP contribution in [0.4, 0.5) is 27.9 Å². The lowest BCUT2D eigenvalue weighted by Crippen LogP contribution is -2.32. The molecule has 1 heterocycles. The fraction of sp³-hybridized carbons (Fsp3) is 0.0357. The van der Waals surface area contributed by atoms with Crippen LogP contribution in [0.2, 0.25) is 10.0 Å². The molecule has 0 aliphatic carbocycles. The van der Waals surface area contributed by atoms with E-state index in [1.54, 1.807) is 48.5 Å². The second-order valence-corrected chi connectivity index (χ2v) is 8.89. The molecule has 4 aromatic carbocycles. The molecule has 0 aliphatic heterocycles. The summed E-state index contributed by atoms with van der Waals surface area (Å²) in [5.41, 5.74) is 3.76. The first-order valence-corrected chi connectivity index (χ1v) is 11.9. The summed E-state index contributed by atoms with van der Waals surface area (Å²) in [7, 11) is 0. The number of rotatable bonds is 4. The molecule has 8 heteroatoms. The van der Waals surface area contributed by atoms with E-state index in [4.69, 9.17) is 32.6 Å². The number of amides is 2. The van der Waals surface area contributed by atoms with E-state index in [1.807, 2.05) is 55.5 Å². The largest absolute Gasteiger partial charge is 0.405 e. The SMILES string of the molecule is Cc1ccc(N=c2oc(N(C(=O)Nc3cccc(Cl)c3)c3cccc(Cl)c3)nc3ccccc23)cc1. The Bertz CT molecular complexity index is 1630. The maximum absolute atomic E-state index is 13.6. The van der Waals surface area contributed by atoms with E-state index < -0.39 is 6.03 Å². The average Bonchev–Trinajstić information content (AvgIpc) is 2.86. The highest BCUT2D eigenvalue weighted by Crippen LogP contribution is 2.28. The van der Waals surface area contributed by atoms with Crippen molar-refractivity contribution in [3.63, 3.8) is 0 Å². The third-order valence-corrected chi connectivity index (χ3v) is 5.81. The molecule has 0 unspecified atom stereocenters. The van der Waals surface area contributed by atoms with Gasteiger partial charge in [0, 0.05) is 15.7 Å². The van der Waals surface area contributed by atoms with Crippen molar-refractivity contribution in [2.24, 2.45) is 4.99 Å². The lowest BCUT2D eigenvalue weighted by molar-refractivity contribution is 0.257. The Balaban J connectivity index is 1.68. The van der Waals surface area contributed by atoms with Gasteiger partial charge in [0.25, 0.3) is 0 Å². The van der Waals surface area contributed by atoms with Crippen molar-refractivity contribution < 1.29 is 9.21 Å². The minimum atomic E-state index is -0.507. The van der Waals surface area contributed by atoms with Gasteiger partial charge in [0.05, 0.1) is 22.3 Å². The third kappa shape index (κ3) is 5.25. The molecule has 0 saturated heterocycles. The summed E-state index contributed by atoms with van der Waals surface area (Å²) in [4.78, 5) is 24.2. The summed E-state index contributed by atoms with van der Waals surface area (Å²) in [6.45, 7) is 2.01. The normalized spacial score (nSPS) is 11.5. The van der Waals surface area contributed by atoms with Gasteiger partial charge in [0.1, 0.15) is 0 Å². The Morgan fingerprint density at radius 2 is 1.61 bits per heavy atom. The Labute approximate surface area is 217 Å². The maximum Gasteiger partial charge on any atom is 0.334 e. The summed E-state index contributed by atoms with van der Waals surface area (Å²) >= 11 is 12.4. The number of nitrogens with zero attached hydrogens (tertiary/aromatic N) is 3. The zero-order valence-electron chi connectivity index (χ0n) is 19.2. The molecule has 0 spiro atoms.